The van der Waals surface area contributed by atoms with Crippen molar-refractivity contribution < 1.29 is 37.4 Å². The van der Waals surface area contributed by atoms with Crippen LogP contribution in [0.5, 0.6) is 23.0 Å². The molecular formula is C76H96N6O10. The van der Waals surface area contributed by atoms with Crippen molar-refractivity contribution in [3.8, 4) is 67.5 Å². The molecule has 0 aliphatic rings. The van der Waals surface area contributed by atoms with E-state index in [0.29, 0.717) is 95.6 Å². The van der Waals surface area contributed by atoms with Gasteiger partial charge in [-0.15, -0.1) is 0 Å². The van der Waals surface area contributed by atoms with Crippen LogP contribution in [0.3, 0.4) is 0 Å². The molecule has 16 nitrogen and oxygen atoms in total. The number of amides is 2. The maximum Gasteiger partial charge on any atom is 0.344 e. The summed E-state index contributed by atoms with van der Waals surface area (Å²) in [6.45, 7) is 30.1. The maximum atomic E-state index is 14.1. The number of rotatable bonds is 39. The Bertz CT molecular complexity index is 3460. The predicted octanol–water partition coefficient (Wildman–Crippen LogP) is 15.1. The van der Waals surface area contributed by atoms with Gasteiger partial charge in [0.25, 0.3) is 0 Å². The predicted molar refractivity (Wildman–Crippen MR) is 374 cm³/mol. The molecule has 0 saturated carbocycles. The second-order valence-electron chi connectivity index (χ2n) is 23.0. The van der Waals surface area contributed by atoms with Crippen LogP contribution in [0.2, 0.25) is 0 Å². The Morgan fingerprint density at radius 2 is 0.620 bits per heavy atom. The van der Waals surface area contributed by atoms with E-state index in [-0.39, 0.29) is 11.8 Å². The van der Waals surface area contributed by atoms with Crippen LogP contribution in [0.25, 0.3) is 66.4 Å². The minimum absolute atomic E-state index is 0.0806. The highest BCUT2D eigenvalue weighted by molar-refractivity contribution is 6.03. The highest BCUT2D eigenvalue weighted by atomic mass is 16.5. The fraction of sp³-hybridized carbons (Fsp3) is 0.421. The Labute approximate surface area is 543 Å². The summed E-state index contributed by atoms with van der Waals surface area (Å²) in [5.41, 5.74) is 6.50. The summed E-state index contributed by atoms with van der Waals surface area (Å²) in [7, 11) is 0. The molecule has 0 radical (unpaired) electrons. The number of ether oxygens (including phenoxy) is 4. The second kappa shape index (κ2) is 36.1. The molecule has 6 aromatic carbocycles. The van der Waals surface area contributed by atoms with E-state index in [1.807, 2.05) is 121 Å². The molecule has 2 amide bonds. The van der Waals surface area contributed by atoms with Gasteiger partial charge < -0.3 is 58.0 Å². The van der Waals surface area contributed by atoms with Gasteiger partial charge in [0, 0.05) is 84.4 Å². The number of nitrogens with one attached hydrogen (secondary N) is 2. The Morgan fingerprint density at radius 1 is 0.348 bits per heavy atom. The van der Waals surface area contributed by atoms with Crippen LogP contribution in [-0.4, -0.2) is 136 Å². The van der Waals surface area contributed by atoms with Gasteiger partial charge in [-0.05, 0) is 160 Å². The Hall–Kier alpha value is -8.28. The van der Waals surface area contributed by atoms with E-state index in [4.69, 9.17) is 27.8 Å². The van der Waals surface area contributed by atoms with Gasteiger partial charge >= 0.3 is 11.3 Å². The van der Waals surface area contributed by atoms with Gasteiger partial charge in [0.15, 0.2) is 0 Å². The summed E-state index contributed by atoms with van der Waals surface area (Å²) in [4.78, 5) is 63.7. The quantitative estimate of drug-likeness (QED) is 0.0276. The molecule has 490 valence electrons. The molecule has 16 heteroatoms. The number of carbonyl (C=O) groups excluding carboxylic acids is 2. The molecule has 2 heterocycles. The highest BCUT2D eigenvalue weighted by Crippen LogP contribution is 2.40. The number of fused-ring (bicyclic) bond motifs is 2. The molecular weight excluding hydrogens is 1160 g/mol. The molecule has 0 fully saturated rings. The zero-order valence-electron chi connectivity index (χ0n) is 55.5. The number of hydrogen-bond acceptors (Lipinski definition) is 14. The van der Waals surface area contributed by atoms with Crippen LogP contribution in [0.4, 0.5) is 11.4 Å². The summed E-state index contributed by atoms with van der Waals surface area (Å²) in [5.74, 6) is 2.59. The Balaban J connectivity index is 0.822. The van der Waals surface area contributed by atoms with Gasteiger partial charge in [0.05, 0.1) is 11.1 Å². The summed E-state index contributed by atoms with van der Waals surface area (Å²) < 4.78 is 36.6. The summed E-state index contributed by atoms with van der Waals surface area (Å²) in [5, 5.41) is 7.61. The topological polar surface area (TPSA) is 168 Å². The smallest absolute Gasteiger partial charge is 0.344 e. The van der Waals surface area contributed by atoms with Crippen molar-refractivity contribution in [3.63, 3.8) is 0 Å². The molecule has 0 unspecified atom stereocenters. The third kappa shape index (κ3) is 19.6. The average Bonchev–Trinajstić information content (AvgIpc) is 0.793. The minimum Gasteiger partial charge on any atom is -0.492 e. The van der Waals surface area contributed by atoms with E-state index in [1.165, 1.54) is 0 Å². The standard InChI is InChI=1S/C76H96N6O10/c1-9-79(10-2)45-49-87-61-37-29-55(30-38-61)71-65-43-41-63(89-51-47-81(13-5)14-6)53-67(65)91-75(85)73(71)57-25-33-59(34-26-57)77-69(83)23-21-19-17-18-20-22-24-70(84)78-60-35-27-58(28-36-60)74-72(56-31-39-62(40-32-56)88-50-46-80(11-3)12-4)66-44-42-64(54-68(66)92-76(74)86)90-52-48-82(15-7)16-8/h25-44,53-54H,9-24,45-52H2,1-8H3,(H,77,83)(H,78,84). The van der Waals surface area contributed by atoms with Crippen molar-refractivity contribution in [3.05, 3.63) is 154 Å². The van der Waals surface area contributed by atoms with Crippen LogP contribution < -0.4 is 40.8 Å². The van der Waals surface area contributed by atoms with Crippen LogP contribution in [0.15, 0.2) is 152 Å². The number of likely N-dealkylation sites (N-methyl/N-ethyl adjacent to an activating group) is 4. The van der Waals surface area contributed by atoms with Crippen molar-refractivity contribution >= 4 is 45.1 Å². The summed E-state index contributed by atoms with van der Waals surface area (Å²) in [6.07, 6.45) is 5.89. The lowest BCUT2D eigenvalue weighted by Gasteiger charge is -2.18. The monoisotopic (exact) mass is 1250 g/mol. The minimum atomic E-state index is -0.478. The fourth-order valence-electron chi connectivity index (χ4n) is 11.6. The van der Waals surface area contributed by atoms with E-state index in [1.54, 1.807) is 12.1 Å². The number of hydrogen-bond donors (Lipinski definition) is 2. The first-order chi connectivity index (χ1) is 44.9. The molecule has 92 heavy (non-hydrogen) atoms. The van der Waals surface area contributed by atoms with E-state index >= 15 is 0 Å². The molecule has 8 aromatic rings. The lowest BCUT2D eigenvalue weighted by atomic mass is 9.93. The molecule has 2 aromatic heterocycles. The number of anilines is 2. The van der Waals surface area contributed by atoms with Gasteiger partial charge in [-0.2, -0.15) is 0 Å². The number of carbonyl (C=O) groups is 2. The van der Waals surface area contributed by atoms with Gasteiger partial charge in [0.1, 0.15) is 60.6 Å². The van der Waals surface area contributed by atoms with E-state index in [9.17, 15) is 19.2 Å². The molecule has 2 N–H and O–H groups in total. The third-order valence-corrected chi connectivity index (χ3v) is 17.3. The lowest BCUT2D eigenvalue weighted by molar-refractivity contribution is -0.117. The van der Waals surface area contributed by atoms with Gasteiger partial charge in [0.2, 0.25) is 11.8 Å². The first-order valence-corrected chi connectivity index (χ1v) is 33.5. The molecule has 0 atom stereocenters. The van der Waals surface area contributed by atoms with E-state index in [2.05, 4.69) is 85.6 Å². The van der Waals surface area contributed by atoms with Gasteiger partial charge in [-0.1, -0.05) is 130 Å². The van der Waals surface area contributed by atoms with E-state index < -0.39 is 11.3 Å². The maximum absolute atomic E-state index is 14.1. The Kier molecular flexibility index (Phi) is 27.3. The summed E-state index contributed by atoms with van der Waals surface area (Å²) in [6, 6.07) is 41.7. The fourth-order valence-corrected chi connectivity index (χ4v) is 11.6. The van der Waals surface area contributed by atoms with Crippen molar-refractivity contribution in [1.82, 2.24) is 19.6 Å². The SMILES string of the molecule is CCN(CC)CCOc1ccc(-c2c(-c3ccc(NC(=O)CCCCCCCCC(=O)Nc4ccc(-c5c(-c6ccc(OCCN(CC)CC)cc6)c6ccc(OCCN(CC)CC)cc6oc5=O)cc4)cc3)c(=O)oc3cc(OCCN(CC)CC)ccc23)cc1. The average molecular weight is 1250 g/mol. The largest absolute Gasteiger partial charge is 0.492 e. The molecule has 0 spiro atoms. The molecule has 0 aliphatic heterocycles. The molecule has 0 aliphatic carbocycles. The number of unbranched alkanes of at least 4 members (excludes halogenated alkanes) is 5. The van der Waals surface area contributed by atoms with Gasteiger partial charge in [-0.25, -0.2) is 9.59 Å². The van der Waals surface area contributed by atoms with E-state index in [0.717, 1.165) is 162 Å². The Morgan fingerprint density at radius 3 is 0.935 bits per heavy atom. The third-order valence-electron chi connectivity index (χ3n) is 17.3. The highest BCUT2D eigenvalue weighted by Gasteiger charge is 2.22. The van der Waals surface area contributed by atoms with Crippen LogP contribution >= 0.6 is 0 Å². The normalized spacial score (nSPS) is 11.6. The van der Waals surface area contributed by atoms with Gasteiger partial charge in [-0.3, -0.25) is 9.59 Å². The zero-order chi connectivity index (χ0) is 65.2. The zero-order valence-corrected chi connectivity index (χ0v) is 55.5. The number of nitrogens with zero attached hydrogens (tertiary/aromatic N) is 4. The summed E-state index contributed by atoms with van der Waals surface area (Å²) >= 11 is 0. The van der Waals surface area contributed by atoms with Crippen LogP contribution in [0.1, 0.15) is 107 Å². The lowest BCUT2D eigenvalue weighted by Crippen LogP contribution is -2.27. The second-order valence-corrected chi connectivity index (χ2v) is 23.0. The van der Waals surface area contributed by atoms with Crippen molar-refractivity contribution in [2.75, 3.05) is 116 Å². The molecule has 0 saturated heterocycles. The van der Waals surface area contributed by atoms with Crippen molar-refractivity contribution in [2.24, 2.45) is 0 Å². The van der Waals surface area contributed by atoms with Crippen molar-refractivity contribution in [2.45, 2.75) is 107 Å². The first-order valence-electron chi connectivity index (χ1n) is 33.5. The molecule has 0 bridgehead atoms. The molecule has 8 rings (SSSR count). The van der Waals surface area contributed by atoms with Crippen LogP contribution in [-0.2, 0) is 9.59 Å². The first kappa shape index (κ1) is 69.6. The van der Waals surface area contributed by atoms with Crippen LogP contribution in [0, 0.1) is 0 Å². The number of benzene rings is 6. The van der Waals surface area contributed by atoms with Crippen molar-refractivity contribution in [1.29, 1.82) is 0 Å².